The zero-order chi connectivity index (χ0) is 10.8. The standard InChI is InChI=1S/C11H20O3/c1-8(2)9-4-6-11(3,7-5-9)14-10(12)13/h8-9H,4-7H2,1-3H3,(H,12,13)/p-1. The number of carbonyl (C=O) groups is 1. The number of ether oxygens (including phenoxy) is 1. The maximum Gasteiger partial charge on any atom is 0.252 e. The summed E-state index contributed by atoms with van der Waals surface area (Å²) in [6.07, 6.45) is 2.37. The van der Waals surface area contributed by atoms with Gasteiger partial charge in [-0.25, -0.2) is 0 Å². The molecule has 1 aliphatic carbocycles. The minimum atomic E-state index is -1.39. The number of carbonyl (C=O) groups excluding carboxylic acids is 1. The first kappa shape index (κ1) is 11.3. The molecule has 0 bridgehead atoms. The average molecular weight is 199 g/mol. The van der Waals surface area contributed by atoms with Gasteiger partial charge in [0, 0.05) is 5.60 Å². The Morgan fingerprint density at radius 1 is 1.43 bits per heavy atom. The lowest BCUT2D eigenvalue weighted by Crippen LogP contribution is -2.41. The summed E-state index contributed by atoms with van der Waals surface area (Å²) in [7, 11) is 0. The normalized spacial score (nSPS) is 33.0. The molecule has 1 fully saturated rings. The van der Waals surface area contributed by atoms with Crippen LogP contribution in [0.15, 0.2) is 0 Å². The average Bonchev–Trinajstić information content (AvgIpc) is 2.02. The van der Waals surface area contributed by atoms with Crippen LogP contribution in [-0.2, 0) is 4.74 Å². The maximum atomic E-state index is 10.4. The highest BCUT2D eigenvalue weighted by molar-refractivity contribution is 5.54. The van der Waals surface area contributed by atoms with Gasteiger partial charge in [0.1, 0.15) is 0 Å². The van der Waals surface area contributed by atoms with Crippen LogP contribution in [0.4, 0.5) is 4.79 Å². The van der Waals surface area contributed by atoms with Gasteiger partial charge in [-0.3, -0.25) is 0 Å². The smallest absolute Gasteiger partial charge is 0.252 e. The van der Waals surface area contributed by atoms with Gasteiger partial charge in [-0.2, -0.15) is 0 Å². The van der Waals surface area contributed by atoms with E-state index in [-0.39, 0.29) is 0 Å². The van der Waals surface area contributed by atoms with E-state index in [1.54, 1.807) is 0 Å². The summed E-state index contributed by atoms with van der Waals surface area (Å²) in [6, 6.07) is 0. The lowest BCUT2D eigenvalue weighted by atomic mass is 9.75. The molecule has 1 rings (SSSR count). The molecule has 0 aromatic rings. The monoisotopic (exact) mass is 199 g/mol. The minimum Gasteiger partial charge on any atom is -0.543 e. The van der Waals surface area contributed by atoms with E-state index in [0.29, 0.717) is 11.8 Å². The predicted molar refractivity (Wildman–Crippen MR) is 51.7 cm³/mol. The Morgan fingerprint density at radius 3 is 2.29 bits per heavy atom. The second kappa shape index (κ2) is 4.20. The third kappa shape index (κ3) is 2.89. The second-order valence-electron chi connectivity index (χ2n) is 4.88. The molecular weight excluding hydrogens is 180 g/mol. The highest BCUT2D eigenvalue weighted by Gasteiger charge is 2.31. The minimum absolute atomic E-state index is 0.496. The van der Waals surface area contributed by atoms with Crippen LogP contribution in [0.3, 0.4) is 0 Å². The van der Waals surface area contributed by atoms with Gasteiger partial charge >= 0.3 is 0 Å². The molecule has 1 saturated carbocycles. The molecule has 1 aliphatic rings. The third-order valence-electron chi connectivity index (χ3n) is 3.36. The lowest BCUT2D eigenvalue weighted by Gasteiger charge is -2.41. The van der Waals surface area contributed by atoms with E-state index in [9.17, 15) is 9.90 Å². The predicted octanol–water partition coefficient (Wildman–Crippen LogP) is 1.95. The van der Waals surface area contributed by atoms with Crippen molar-refractivity contribution in [2.75, 3.05) is 0 Å². The van der Waals surface area contributed by atoms with Crippen molar-refractivity contribution in [1.82, 2.24) is 0 Å². The molecule has 3 nitrogen and oxygen atoms in total. The van der Waals surface area contributed by atoms with E-state index < -0.39 is 11.8 Å². The number of hydrogen-bond acceptors (Lipinski definition) is 3. The van der Waals surface area contributed by atoms with Crippen molar-refractivity contribution in [3.63, 3.8) is 0 Å². The largest absolute Gasteiger partial charge is 0.543 e. The van der Waals surface area contributed by atoms with E-state index in [1.165, 1.54) is 0 Å². The van der Waals surface area contributed by atoms with Crippen molar-refractivity contribution in [2.24, 2.45) is 11.8 Å². The van der Waals surface area contributed by atoms with Gasteiger partial charge in [-0.1, -0.05) is 13.8 Å². The van der Waals surface area contributed by atoms with Crippen molar-refractivity contribution in [2.45, 2.75) is 52.1 Å². The van der Waals surface area contributed by atoms with E-state index in [1.807, 2.05) is 6.92 Å². The Kier molecular flexibility index (Phi) is 3.40. The molecule has 0 spiro atoms. The van der Waals surface area contributed by atoms with Gasteiger partial charge in [0.15, 0.2) is 0 Å². The van der Waals surface area contributed by atoms with Crippen LogP contribution in [0.25, 0.3) is 0 Å². The summed E-state index contributed by atoms with van der Waals surface area (Å²) in [5.41, 5.74) is -0.496. The van der Waals surface area contributed by atoms with Gasteiger partial charge in [0.25, 0.3) is 6.16 Å². The molecule has 0 aliphatic heterocycles. The van der Waals surface area contributed by atoms with E-state index in [2.05, 4.69) is 13.8 Å². The van der Waals surface area contributed by atoms with Gasteiger partial charge in [-0.05, 0) is 44.4 Å². The van der Waals surface area contributed by atoms with E-state index >= 15 is 0 Å². The zero-order valence-corrected chi connectivity index (χ0v) is 9.21. The molecule has 0 aromatic carbocycles. The van der Waals surface area contributed by atoms with Crippen molar-refractivity contribution in [1.29, 1.82) is 0 Å². The Balaban J connectivity index is 2.44. The summed E-state index contributed by atoms with van der Waals surface area (Å²) >= 11 is 0. The van der Waals surface area contributed by atoms with Crippen LogP contribution in [0.5, 0.6) is 0 Å². The Morgan fingerprint density at radius 2 is 1.93 bits per heavy atom. The Hall–Kier alpha value is -0.730. The van der Waals surface area contributed by atoms with Gasteiger partial charge in [-0.15, -0.1) is 0 Å². The molecule has 0 heterocycles. The first-order valence-corrected chi connectivity index (χ1v) is 5.33. The molecule has 0 unspecified atom stereocenters. The first-order chi connectivity index (χ1) is 6.43. The van der Waals surface area contributed by atoms with Gasteiger partial charge < -0.3 is 14.6 Å². The molecule has 3 heteroatoms. The highest BCUT2D eigenvalue weighted by Crippen LogP contribution is 2.37. The molecule has 82 valence electrons. The Labute approximate surface area is 85.5 Å². The lowest BCUT2D eigenvalue weighted by molar-refractivity contribution is -0.296. The number of hydrogen-bond donors (Lipinski definition) is 0. The zero-order valence-electron chi connectivity index (χ0n) is 9.21. The van der Waals surface area contributed by atoms with Crippen molar-refractivity contribution < 1.29 is 14.6 Å². The molecule has 0 saturated heterocycles. The van der Waals surface area contributed by atoms with Crippen LogP contribution >= 0.6 is 0 Å². The quantitative estimate of drug-likeness (QED) is 0.639. The van der Waals surface area contributed by atoms with Crippen molar-refractivity contribution in [3.8, 4) is 0 Å². The van der Waals surface area contributed by atoms with Gasteiger partial charge in [0.2, 0.25) is 0 Å². The molecular formula is C11H19O3-. The SMILES string of the molecule is CC(C)C1CCC(C)(OC(=O)[O-])CC1. The van der Waals surface area contributed by atoms with Crippen LogP contribution in [0, 0.1) is 11.8 Å². The molecule has 0 N–H and O–H groups in total. The fourth-order valence-electron chi connectivity index (χ4n) is 2.22. The summed E-state index contributed by atoms with van der Waals surface area (Å²) in [6.45, 7) is 6.29. The Bertz CT molecular complexity index is 203. The van der Waals surface area contributed by atoms with Crippen molar-refractivity contribution >= 4 is 6.16 Å². The van der Waals surface area contributed by atoms with Gasteiger partial charge in [0.05, 0.1) is 0 Å². The number of carboxylic acid groups (broad SMARTS) is 1. The summed E-state index contributed by atoms with van der Waals surface area (Å²) in [4.78, 5) is 10.4. The molecule has 0 amide bonds. The molecule has 0 aromatic heterocycles. The number of rotatable bonds is 2. The van der Waals surface area contributed by atoms with Crippen LogP contribution in [-0.4, -0.2) is 11.8 Å². The first-order valence-electron chi connectivity index (χ1n) is 5.33. The van der Waals surface area contributed by atoms with Crippen LogP contribution in [0.2, 0.25) is 0 Å². The second-order valence-corrected chi connectivity index (χ2v) is 4.88. The highest BCUT2D eigenvalue weighted by atomic mass is 16.7. The molecule has 14 heavy (non-hydrogen) atoms. The summed E-state index contributed by atoms with van der Waals surface area (Å²) < 4.78 is 4.81. The topological polar surface area (TPSA) is 49.4 Å². The summed E-state index contributed by atoms with van der Waals surface area (Å²) in [5.74, 6) is 1.40. The van der Waals surface area contributed by atoms with E-state index in [0.717, 1.165) is 25.7 Å². The fraction of sp³-hybridized carbons (Fsp3) is 0.909. The third-order valence-corrected chi connectivity index (χ3v) is 3.36. The summed E-state index contributed by atoms with van der Waals surface area (Å²) in [5, 5.41) is 10.4. The van der Waals surface area contributed by atoms with Crippen LogP contribution < -0.4 is 5.11 Å². The molecule has 0 atom stereocenters. The maximum absolute atomic E-state index is 10.4. The van der Waals surface area contributed by atoms with Crippen molar-refractivity contribution in [3.05, 3.63) is 0 Å². The molecule has 0 radical (unpaired) electrons. The van der Waals surface area contributed by atoms with Crippen LogP contribution in [0.1, 0.15) is 46.5 Å². The fourth-order valence-corrected chi connectivity index (χ4v) is 2.22. The van der Waals surface area contributed by atoms with E-state index in [4.69, 9.17) is 4.74 Å².